The van der Waals surface area contributed by atoms with Crippen molar-refractivity contribution in [1.29, 1.82) is 0 Å². The van der Waals surface area contributed by atoms with Crippen molar-refractivity contribution < 1.29 is 4.79 Å². The van der Waals surface area contributed by atoms with Gasteiger partial charge in [0.15, 0.2) is 5.82 Å². The van der Waals surface area contributed by atoms with Crippen LogP contribution in [0.25, 0.3) is 0 Å². The minimum absolute atomic E-state index is 0.0947. The molecule has 5 heteroatoms. The van der Waals surface area contributed by atoms with Crippen LogP contribution in [0.5, 0.6) is 0 Å². The lowest BCUT2D eigenvalue weighted by atomic mass is 10.1. The summed E-state index contributed by atoms with van der Waals surface area (Å²) in [6.07, 6.45) is 7.16. The summed E-state index contributed by atoms with van der Waals surface area (Å²) in [5.41, 5.74) is 2.31. The molecule has 1 atom stereocenters. The SMILES string of the molecule is Cc1ccc(CC(=O)N2CCC[C@H]2c2nnc3n2CCCCC3)cc1. The second-order valence-electron chi connectivity index (χ2n) is 7.34. The minimum atomic E-state index is 0.0947. The molecule has 1 aromatic heterocycles. The second-order valence-corrected chi connectivity index (χ2v) is 7.34. The topological polar surface area (TPSA) is 51.0 Å². The van der Waals surface area contributed by atoms with Crippen molar-refractivity contribution in [3.63, 3.8) is 0 Å². The van der Waals surface area contributed by atoms with Crippen LogP contribution in [-0.2, 0) is 24.2 Å². The zero-order valence-corrected chi connectivity index (χ0v) is 14.9. The molecule has 25 heavy (non-hydrogen) atoms. The molecule has 0 aliphatic carbocycles. The third-order valence-corrected chi connectivity index (χ3v) is 5.49. The van der Waals surface area contributed by atoms with Crippen LogP contribution in [0, 0.1) is 6.92 Å². The molecule has 0 bridgehead atoms. The summed E-state index contributed by atoms with van der Waals surface area (Å²) < 4.78 is 2.29. The van der Waals surface area contributed by atoms with E-state index in [-0.39, 0.29) is 11.9 Å². The van der Waals surface area contributed by atoms with E-state index >= 15 is 0 Å². The molecule has 0 unspecified atom stereocenters. The molecule has 1 aromatic carbocycles. The Morgan fingerprint density at radius 2 is 1.92 bits per heavy atom. The Hall–Kier alpha value is -2.17. The van der Waals surface area contributed by atoms with Crippen LogP contribution >= 0.6 is 0 Å². The number of carbonyl (C=O) groups excluding carboxylic acids is 1. The summed E-state index contributed by atoms with van der Waals surface area (Å²) in [4.78, 5) is 14.9. The van der Waals surface area contributed by atoms with Crippen molar-refractivity contribution in [3.8, 4) is 0 Å². The third kappa shape index (κ3) is 3.32. The molecule has 2 aliphatic heterocycles. The Balaban J connectivity index is 1.53. The highest BCUT2D eigenvalue weighted by Crippen LogP contribution is 2.32. The van der Waals surface area contributed by atoms with Crippen LogP contribution < -0.4 is 0 Å². The molecule has 0 radical (unpaired) electrons. The van der Waals surface area contributed by atoms with Crippen molar-refractivity contribution >= 4 is 5.91 Å². The lowest BCUT2D eigenvalue weighted by Gasteiger charge is -2.25. The first-order chi connectivity index (χ1) is 12.2. The predicted octanol–water partition coefficient (Wildman–Crippen LogP) is 3.22. The lowest BCUT2D eigenvalue weighted by molar-refractivity contribution is -0.131. The van der Waals surface area contributed by atoms with Gasteiger partial charge in [0.2, 0.25) is 5.91 Å². The van der Waals surface area contributed by atoms with Crippen molar-refractivity contribution in [2.45, 2.75) is 64.5 Å². The Kier molecular flexibility index (Phi) is 4.55. The monoisotopic (exact) mass is 338 g/mol. The van der Waals surface area contributed by atoms with Gasteiger partial charge in [-0.25, -0.2) is 0 Å². The van der Waals surface area contributed by atoms with E-state index in [1.54, 1.807) is 0 Å². The number of rotatable bonds is 3. The number of carbonyl (C=O) groups is 1. The van der Waals surface area contributed by atoms with Crippen molar-refractivity contribution in [2.75, 3.05) is 6.54 Å². The van der Waals surface area contributed by atoms with E-state index in [9.17, 15) is 4.79 Å². The van der Waals surface area contributed by atoms with Gasteiger partial charge in [-0.05, 0) is 38.2 Å². The van der Waals surface area contributed by atoms with E-state index in [4.69, 9.17) is 0 Å². The van der Waals surface area contributed by atoms with E-state index in [1.165, 1.54) is 24.8 Å². The van der Waals surface area contributed by atoms with Crippen LogP contribution in [0.1, 0.15) is 60.9 Å². The van der Waals surface area contributed by atoms with Crippen molar-refractivity contribution in [2.24, 2.45) is 0 Å². The molecule has 2 aromatic rings. The quantitative estimate of drug-likeness (QED) is 0.863. The molecule has 5 nitrogen and oxygen atoms in total. The molecule has 0 saturated carbocycles. The van der Waals surface area contributed by atoms with Crippen LogP contribution in [0.4, 0.5) is 0 Å². The highest BCUT2D eigenvalue weighted by atomic mass is 16.2. The molecule has 1 fully saturated rings. The number of fused-ring (bicyclic) bond motifs is 1. The fraction of sp³-hybridized carbons (Fsp3) is 0.550. The van der Waals surface area contributed by atoms with Gasteiger partial charge >= 0.3 is 0 Å². The van der Waals surface area contributed by atoms with Gasteiger partial charge < -0.3 is 9.47 Å². The summed E-state index contributed by atoms with van der Waals surface area (Å²) in [6.45, 7) is 3.89. The van der Waals surface area contributed by atoms with E-state index in [2.05, 4.69) is 46.0 Å². The number of benzene rings is 1. The molecule has 1 saturated heterocycles. The largest absolute Gasteiger partial charge is 0.332 e. The third-order valence-electron chi connectivity index (χ3n) is 5.49. The van der Waals surface area contributed by atoms with Gasteiger partial charge in [0.1, 0.15) is 5.82 Å². The molecule has 1 amide bonds. The zero-order valence-electron chi connectivity index (χ0n) is 14.9. The number of hydrogen-bond acceptors (Lipinski definition) is 3. The predicted molar refractivity (Wildman–Crippen MR) is 96.1 cm³/mol. The van der Waals surface area contributed by atoms with Gasteiger partial charge in [-0.2, -0.15) is 0 Å². The van der Waals surface area contributed by atoms with Gasteiger partial charge in [-0.15, -0.1) is 10.2 Å². The van der Waals surface area contributed by atoms with Crippen LogP contribution in [0.3, 0.4) is 0 Å². The maximum Gasteiger partial charge on any atom is 0.227 e. The highest BCUT2D eigenvalue weighted by molar-refractivity contribution is 5.79. The minimum Gasteiger partial charge on any atom is -0.332 e. The fourth-order valence-electron chi connectivity index (χ4n) is 4.07. The number of nitrogens with zero attached hydrogens (tertiary/aromatic N) is 4. The summed E-state index contributed by atoms with van der Waals surface area (Å²) in [6, 6.07) is 8.35. The smallest absolute Gasteiger partial charge is 0.227 e. The average molecular weight is 338 g/mol. The summed E-state index contributed by atoms with van der Waals surface area (Å²) in [5, 5.41) is 8.92. The molecule has 0 spiro atoms. The number of hydrogen-bond donors (Lipinski definition) is 0. The van der Waals surface area contributed by atoms with Gasteiger partial charge in [0.25, 0.3) is 0 Å². The molecular formula is C20H26N4O. The van der Waals surface area contributed by atoms with Gasteiger partial charge in [-0.3, -0.25) is 4.79 Å². The normalized spacial score (nSPS) is 20.4. The molecular weight excluding hydrogens is 312 g/mol. The Morgan fingerprint density at radius 1 is 1.08 bits per heavy atom. The highest BCUT2D eigenvalue weighted by Gasteiger charge is 2.34. The molecule has 4 rings (SSSR count). The summed E-state index contributed by atoms with van der Waals surface area (Å²) >= 11 is 0. The average Bonchev–Trinajstić information content (AvgIpc) is 3.18. The lowest BCUT2D eigenvalue weighted by Crippen LogP contribution is -2.33. The second kappa shape index (κ2) is 6.98. The zero-order chi connectivity index (χ0) is 17.2. The molecule has 132 valence electrons. The summed E-state index contributed by atoms with van der Waals surface area (Å²) in [7, 11) is 0. The van der Waals surface area contributed by atoms with Gasteiger partial charge in [0.05, 0.1) is 12.5 Å². The molecule has 0 N–H and O–H groups in total. The standard InChI is InChI=1S/C20H26N4O/c1-15-8-10-16(11-9-15)14-19(25)23-13-5-6-17(23)20-22-21-18-7-3-2-4-12-24(18)20/h8-11,17H,2-7,12-14H2,1H3/t17-/m0/s1. The Labute approximate surface area is 149 Å². The van der Waals surface area contributed by atoms with E-state index < -0.39 is 0 Å². The first kappa shape index (κ1) is 16.3. The van der Waals surface area contributed by atoms with Crippen molar-refractivity contribution in [3.05, 3.63) is 47.0 Å². The number of amides is 1. The van der Waals surface area contributed by atoms with E-state index in [1.807, 2.05) is 4.90 Å². The molecule has 3 heterocycles. The molecule has 2 aliphatic rings. The first-order valence-electron chi connectivity index (χ1n) is 9.49. The fourth-order valence-corrected chi connectivity index (χ4v) is 4.07. The van der Waals surface area contributed by atoms with E-state index in [0.717, 1.165) is 49.6 Å². The maximum atomic E-state index is 12.9. The van der Waals surface area contributed by atoms with Crippen LogP contribution in [0.15, 0.2) is 24.3 Å². The maximum absolute atomic E-state index is 12.9. The van der Waals surface area contributed by atoms with Crippen molar-refractivity contribution in [1.82, 2.24) is 19.7 Å². The van der Waals surface area contributed by atoms with Crippen LogP contribution in [0.2, 0.25) is 0 Å². The first-order valence-corrected chi connectivity index (χ1v) is 9.49. The van der Waals surface area contributed by atoms with E-state index in [0.29, 0.717) is 6.42 Å². The Bertz CT molecular complexity index is 750. The van der Waals surface area contributed by atoms with Gasteiger partial charge in [0, 0.05) is 19.5 Å². The van der Waals surface area contributed by atoms with Crippen LogP contribution in [-0.4, -0.2) is 32.1 Å². The number of aromatic nitrogens is 3. The summed E-state index contributed by atoms with van der Waals surface area (Å²) in [5.74, 6) is 2.31. The number of aryl methyl sites for hydroxylation is 2. The van der Waals surface area contributed by atoms with Gasteiger partial charge in [-0.1, -0.05) is 36.2 Å². The number of likely N-dealkylation sites (tertiary alicyclic amines) is 1. The Morgan fingerprint density at radius 3 is 2.76 bits per heavy atom.